The number of carbonyl (C=O) groups is 1. The Morgan fingerprint density at radius 3 is 2.21 bits per heavy atom. The van der Waals surface area contributed by atoms with E-state index in [9.17, 15) is 4.79 Å². The fourth-order valence-electron chi connectivity index (χ4n) is 3.60. The first-order valence-corrected chi connectivity index (χ1v) is 10.4. The highest BCUT2D eigenvalue weighted by Gasteiger charge is 2.27. The first-order valence-electron chi connectivity index (χ1n) is 10.4. The molecule has 0 aromatic heterocycles. The van der Waals surface area contributed by atoms with Crippen LogP contribution in [0.2, 0.25) is 0 Å². The smallest absolute Gasteiger partial charge is 0.241 e. The van der Waals surface area contributed by atoms with Crippen molar-refractivity contribution in [2.45, 2.75) is 26.8 Å². The number of ether oxygens (including phenoxy) is 2. The quantitative estimate of drug-likeness (QED) is 0.737. The summed E-state index contributed by atoms with van der Waals surface area (Å²) in [6.07, 6.45) is 0. The summed E-state index contributed by atoms with van der Waals surface area (Å²) in [6, 6.07) is 15.5. The highest BCUT2D eigenvalue weighted by Crippen LogP contribution is 2.29. The van der Waals surface area contributed by atoms with Crippen LogP contribution in [0, 0.1) is 0 Å². The Morgan fingerprint density at radius 2 is 1.52 bits per heavy atom. The van der Waals surface area contributed by atoms with E-state index < -0.39 is 0 Å². The summed E-state index contributed by atoms with van der Waals surface area (Å²) < 4.78 is 11.4. The molecule has 3 rings (SSSR count). The van der Waals surface area contributed by atoms with E-state index >= 15 is 0 Å². The van der Waals surface area contributed by atoms with Crippen molar-refractivity contribution in [1.29, 1.82) is 0 Å². The first-order chi connectivity index (χ1) is 14.1. The van der Waals surface area contributed by atoms with Crippen LogP contribution in [0.5, 0.6) is 11.5 Å². The number of rotatable bonds is 8. The molecule has 1 N–H and O–H groups in total. The van der Waals surface area contributed by atoms with Crippen LogP contribution >= 0.6 is 0 Å². The van der Waals surface area contributed by atoms with E-state index in [-0.39, 0.29) is 11.9 Å². The molecule has 1 fully saturated rings. The lowest BCUT2D eigenvalue weighted by molar-refractivity contribution is -0.120. The van der Waals surface area contributed by atoms with Crippen molar-refractivity contribution in [2.24, 2.45) is 0 Å². The van der Waals surface area contributed by atoms with Gasteiger partial charge in [0.15, 0.2) is 0 Å². The van der Waals surface area contributed by atoms with Crippen LogP contribution in [0.25, 0.3) is 0 Å². The van der Waals surface area contributed by atoms with Crippen LogP contribution in [-0.4, -0.2) is 56.2 Å². The standard InChI is InChI=1S/C23H31N3O3/c1-4-28-21-12-8-6-10-19(21)24-23(27)18(3)25-14-16-26(17-15-25)20-11-7-9-13-22(20)29-5-2/h6-13,18H,4-5,14-17H2,1-3H3,(H,24,27)/t18-/m0/s1. The Balaban J connectivity index is 1.59. The van der Waals surface area contributed by atoms with Gasteiger partial charge in [0.1, 0.15) is 11.5 Å². The largest absolute Gasteiger partial charge is 0.492 e. The summed E-state index contributed by atoms with van der Waals surface area (Å²) in [5, 5.41) is 3.02. The Bertz CT molecular complexity index is 803. The molecular formula is C23H31N3O3. The monoisotopic (exact) mass is 397 g/mol. The van der Waals surface area contributed by atoms with Crippen LogP contribution in [0.3, 0.4) is 0 Å². The minimum Gasteiger partial charge on any atom is -0.492 e. The van der Waals surface area contributed by atoms with Crippen LogP contribution < -0.4 is 19.7 Å². The molecule has 6 nitrogen and oxygen atoms in total. The van der Waals surface area contributed by atoms with Crippen molar-refractivity contribution in [1.82, 2.24) is 4.90 Å². The maximum Gasteiger partial charge on any atom is 0.241 e. The Hall–Kier alpha value is -2.73. The van der Waals surface area contributed by atoms with Crippen molar-refractivity contribution >= 4 is 17.3 Å². The number of nitrogens with one attached hydrogen (secondary N) is 1. The van der Waals surface area contributed by atoms with E-state index in [1.54, 1.807) is 0 Å². The second-order valence-corrected chi connectivity index (χ2v) is 7.02. The normalized spacial score (nSPS) is 15.6. The third-order valence-electron chi connectivity index (χ3n) is 5.19. The molecule has 0 unspecified atom stereocenters. The fourth-order valence-corrected chi connectivity index (χ4v) is 3.60. The number of hydrogen-bond donors (Lipinski definition) is 1. The average molecular weight is 398 g/mol. The molecule has 1 aliphatic heterocycles. The van der Waals surface area contributed by atoms with Gasteiger partial charge >= 0.3 is 0 Å². The third-order valence-corrected chi connectivity index (χ3v) is 5.19. The molecule has 1 heterocycles. The van der Waals surface area contributed by atoms with Crippen LogP contribution in [0.1, 0.15) is 20.8 Å². The number of benzene rings is 2. The van der Waals surface area contributed by atoms with Gasteiger partial charge in [0.05, 0.1) is 30.6 Å². The molecule has 1 atom stereocenters. The highest BCUT2D eigenvalue weighted by atomic mass is 16.5. The van der Waals surface area contributed by atoms with Crippen molar-refractivity contribution in [3.63, 3.8) is 0 Å². The molecule has 1 amide bonds. The number of hydrogen-bond acceptors (Lipinski definition) is 5. The van der Waals surface area contributed by atoms with E-state index in [1.807, 2.05) is 63.2 Å². The van der Waals surface area contributed by atoms with Crippen LogP contribution in [0.4, 0.5) is 11.4 Å². The lowest BCUT2D eigenvalue weighted by atomic mass is 10.2. The lowest BCUT2D eigenvalue weighted by Crippen LogP contribution is -2.52. The van der Waals surface area contributed by atoms with Gasteiger partial charge in [0.2, 0.25) is 5.91 Å². The molecule has 2 aromatic rings. The van der Waals surface area contributed by atoms with Crippen molar-refractivity contribution in [3.05, 3.63) is 48.5 Å². The molecule has 6 heteroatoms. The Labute approximate surface area is 173 Å². The van der Waals surface area contributed by atoms with Gasteiger partial charge in [-0.2, -0.15) is 0 Å². The molecule has 0 bridgehead atoms. The summed E-state index contributed by atoms with van der Waals surface area (Å²) in [6.45, 7) is 10.5. The first kappa shape index (κ1) is 21.0. The van der Waals surface area contributed by atoms with Crippen LogP contribution in [0.15, 0.2) is 48.5 Å². The molecule has 29 heavy (non-hydrogen) atoms. The van der Waals surface area contributed by atoms with E-state index in [4.69, 9.17) is 9.47 Å². The molecule has 2 aromatic carbocycles. The molecular weight excluding hydrogens is 366 g/mol. The van der Waals surface area contributed by atoms with Gasteiger partial charge in [-0.3, -0.25) is 9.69 Å². The zero-order chi connectivity index (χ0) is 20.6. The number of carbonyl (C=O) groups excluding carboxylic acids is 1. The molecule has 0 radical (unpaired) electrons. The van der Waals surface area contributed by atoms with E-state index in [0.29, 0.717) is 19.0 Å². The zero-order valence-electron chi connectivity index (χ0n) is 17.6. The lowest BCUT2D eigenvalue weighted by Gasteiger charge is -2.39. The van der Waals surface area contributed by atoms with Crippen molar-refractivity contribution in [2.75, 3.05) is 49.6 Å². The summed E-state index contributed by atoms with van der Waals surface area (Å²) >= 11 is 0. The molecule has 0 spiro atoms. The van der Waals surface area contributed by atoms with E-state index in [0.717, 1.165) is 43.3 Å². The number of para-hydroxylation sites is 4. The SMILES string of the molecule is CCOc1ccccc1NC(=O)[C@H](C)N1CCN(c2ccccc2OCC)CC1. The molecule has 156 valence electrons. The summed E-state index contributed by atoms with van der Waals surface area (Å²) in [5.41, 5.74) is 1.84. The highest BCUT2D eigenvalue weighted by molar-refractivity contribution is 5.95. The van der Waals surface area contributed by atoms with Gasteiger partial charge in [-0.25, -0.2) is 0 Å². The van der Waals surface area contributed by atoms with Gasteiger partial charge in [-0.05, 0) is 45.0 Å². The Kier molecular flexibility index (Phi) is 7.36. The zero-order valence-corrected chi connectivity index (χ0v) is 17.6. The minimum atomic E-state index is -0.214. The average Bonchev–Trinajstić information content (AvgIpc) is 2.75. The van der Waals surface area contributed by atoms with Crippen molar-refractivity contribution in [3.8, 4) is 11.5 Å². The molecule has 1 aliphatic rings. The summed E-state index contributed by atoms with van der Waals surface area (Å²) in [5.74, 6) is 1.61. The number of piperazine rings is 1. The predicted octanol–water partition coefficient (Wildman–Crippen LogP) is 3.63. The predicted molar refractivity (Wildman–Crippen MR) is 117 cm³/mol. The van der Waals surface area contributed by atoms with Gasteiger partial charge in [-0.1, -0.05) is 24.3 Å². The fraction of sp³-hybridized carbons (Fsp3) is 0.435. The van der Waals surface area contributed by atoms with E-state index in [2.05, 4.69) is 21.2 Å². The maximum absolute atomic E-state index is 12.8. The maximum atomic E-state index is 12.8. The van der Waals surface area contributed by atoms with Crippen LogP contribution in [-0.2, 0) is 4.79 Å². The van der Waals surface area contributed by atoms with E-state index in [1.165, 1.54) is 0 Å². The second-order valence-electron chi connectivity index (χ2n) is 7.02. The molecule has 0 saturated carbocycles. The number of nitrogens with zero attached hydrogens (tertiary/aromatic N) is 2. The summed E-state index contributed by atoms with van der Waals surface area (Å²) in [7, 11) is 0. The van der Waals surface area contributed by atoms with Gasteiger partial charge in [-0.15, -0.1) is 0 Å². The van der Waals surface area contributed by atoms with Gasteiger partial charge < -0.3 is 19.7 Å². The number of anilines is 2. The van der Waals surface area contributed by atoms with Gasteiger partial charge in [0.25, 0.3) is 0 Å². The topological polar surface area (TPSA) is 54.0 Å². The Morgan fingerprint density at radius 1 is 0.931 bits per heavy atom. The number of amides is 1. The van der Waals surface area contributed by atoms with Gasteiger partial charge in [0, 0.05) is 26.2 Å². The second kappa shape index (κ2) is 10.2. The minimum absolute atomic E-state index is 0.0136. The van der Waals surface area contributed by atoms with Crippen molar-refractivity contribution < 1.29 is 14.3 Å². The molecule has 0 aliphatic carbocycles. The molecule has 1 saturated heterocycles. The summed E-state index contributed by atoms with van der Waals surface area (Å²) in [4.78, 5) is 17.4. The third kappa shape index (κ3) is 5.21.